The van der Waals surface area contributed by atoms with Crippen LogP contribution in [0, 0.1) is 13.8 Å². The van der Waals surface area contributed by atoms with Crippen LogP contribution in [0.4, 0.5) is 0 Å². The van der Waals surface area contributed by atoms with Gasteiger partial charge in [-0.25, -0.2) is 4.98 Å². The Morgan fingerprint density at radius 2 is 1.67 bits per heavy atom. The van der Waals surface area contributed by atoms with Crippen LogP contribution in [0.5, 0.6) is 11.5 Å². The molecule has 3 rings (SSSR count). The number of aromatic nitrogens is 2. The van der Waals surface area contributed by atoms with Crippen molar-refractivity contribution in [3.8, 4) is 22.9 Å². The fourth-order valence-corrected chi connectivity index (χ4v) is 3.30. The second-order valence-corrected chi connectivity index (χ2v) is 6.60. The molecular weight excluding hydrogens is 400 g/mol. The second kappa shape index (κ2) is 5.03. The number of aromatic amines is 1. The van der Waals surface area contributed by atoms with Gasteiger partial charge in [0.15, 0.2) is 0 Å². The fraction of sp³-hybridized carbons (Fsp3) is 0.133. The molecule has 0 saturated heterocycles. The van der Waals surface area contributed by atoms with Gasteiger partial charge >= 0.3 is 0 Å². The number of phenolic OH excluding ortho intramolecular Hbond substituents is 2. The first-order chi connectivity index (χ1) is 9.88. The lowest BCUT2D eigenvalue weighted by Crippen LogP contribution is -1.85. The lowest BCUT2D eigenvalue weighted by molar-refractivity contribution is 0.443. The van der Waals surface area contributed by atoms with Crippen LogP contribution in [0.3, 0.4) is 0 Å². The predicted molar refractivity (Wildman–Crippen MR) is 89.7 cm³/mol. The molecule has 0 fully saturated rings. The lowest BCUT2D eigenvalue weighted by atomic mass is 10.1. The molecule has 6 heteroatoms. The molecule has 0 unspecified atom stereocenters. The first-order valence-electron chi connectivity index (χ1n) is 6.25. The van der Waals surface area contributed by atoms with Crippen LogP contribution < -0.4 is 0 Å². The maximum Gasteiger partial charge on any atom is 0.147 e. The Hall–Kier alpha value is -1.53. The van der Waals surface area contributed by atoms with Gasteiger partial charge in [0.2, 0.25) is 0 Å². The Morgan fingerprint density at radius 3 is 2.38 bits per heavy atom. The van der Waals surface area contributed by atoms with Gasteiger partial charge in [0.25, 0.3) is 0 Å². The zero-order valence-electron chi connectivity index (χ0n) is 11.3. The minimum Gasteiger partial charge on any atom is -0.506 e. The molecule has 0 aliphatic rings. The molecule has 4 nitrogen and oxygen atoms in total. The Bertz CT molecular complexity index is 833. The highest BCUT2D eigenvalue weighted by Crippen LogP contribution is 2.44. The summed E-state index contributed by atoms with van der Waals surface area (Å²) in [6.45, 7) is 4.08. The van der Waals surface area contributed by atoms with E-state index in [0.717, 1.165) is 16.6 Å². The summed E-state index contributed by atoms with van der Waals surface area (Å²) in [7, 11) is 0. The number of phenols is 2. The van der Waals surface area contributed by atoms with E-state index in [1.54, 1.807) is 6.07 Å². The normalized spacial score (nSPS) is 11.2. The summed E-state index contributed by atoms with van der Waals surface area (Å²) < 4.78 is 0.717. The Balaban J connectivity index is 2.26. The highest BCUT2D eigenvalue weighted by molar-refractivity contribution is 9.11. The van der Waals surface area contributed by atoms with E-state index in [9.17, 15) is 10.2 Å². The number of benzene rings is 2. The largest absolute Gasteiger partial charge is 0.506 e. The van der Waals surface area contributed by atoms with Gasteiger partial charge in [-0.05, 0) is 75.0 Å². The molecule has 1 aromatic heterocycles. The minimum atomic E-state index is -0.0526. The summed E-state index contributed by atoms with van der Waals surface area (Å²) in [5.41, 5.74) is 4.60. The van der Waals surface area contributed by atoms with Gasteiger partial charge < -0.3 is 15.2 Å². The van der Waals surface area contributed by atoms with Gasteiger partial charge in [-0.15, -0.1) is 0 Å². The summed E-state index contributed by atoms with van der Waals surface area (Å²) in [6, 6.07) is 5.67. The summed E-state index contributed by atoms with van der Waals surface area (Å²) in [4.78, 5) is 7.72. The molecule has 108 valence electrons. The number of H-pyrrole nitrogens is 1. The van der Waals surface area contributed by atoms with Crippen molar-refractivity contribution in [3.05, 3.63) is 38.3 Å². The quantitative estimate of drug-likeness (QED) is 0.539. The highest BCUT2D eigenvalue weighted by atomic mass is 79.9. The van der Waals surface area contributed by atoms with E-state index in [0.29, 0.717) is 15.9 Å². The number of hydrogen-bond acceptors (Lipinski definition) is 3. The Morgan fingerprint density at radius 1 is 1.00 bits per heavy atom. The van der Waals surface area contributed by atoms with Crippen molar-refractivity contribution in [2.45, 2.75) is 13.8 Å². The number of fused-ring (bicyclic) bond motifs is 1. The maximum atomic E-state index is 10.2. The first-order valence-corrected chi connectivity index (χ1v) is 7.84. The molecule has 3 aromatic rings. The van der Waals surface area contributed by atoms with Crippen LogP contribution >= 0.6 is 31.9 Å². The number of hydrogen-bond donors (Lipinski definition) is 3. The number of aromatic hydroxyl groups is 2. The van der Waals surface area contributed by atoms with Crippen LogP contribution in [-0.2, 0) is 0 Å². The summed E-state index contributed by atoms with van der Waals surface area (Å²) in [6.07, 6.45) is 0. The van der Waals surface area contributed by atoms with Gasteiger partial charge in [0.1, 0.15) is 21.8 Å². The third-order valence-corrected chi connectivity index (χ3v) is 4.88. The second-order valence-electron chi connectivity index (χ2n) is 4.96. The molecule has 2 aromatic carbocycles. The number of nitrogens with one attached hydrogen (secondary N) is 1. The van der Waals surface area contributed by atoms with Crippen molar-refractivity contribution in [3.63, 3.8) is 0 Å². The van der Waals surface area contributed by atoms with Crippen LogP contribution in [0.25, 0.3) is 22.4 Å². The number of nitrogens with zero attached hydrogens (tertiary/aromatic N) is 1. The molecule has 0 aliphatic heterocycles. The van der Waals surface area contributed by atoms with Gasteiger partial charge in [0, 0.05) is 0 Å². The van der Waals surface area contributed by atoms with E-state index in [1.807, 2.05) is 26.0 Å². The van der Waals surface area contributed by atoms with Gasteiger partial charge in [0.05, 0.1) is 21.1 Å². The summed E-state index contributed by atoms with van der Waals surface area (Å²) in [5, 5.41) is 20.0. The molecule has 0 radical (unpaired) electrons. The number of imidazole rings is 1. The van der Waals surface area contributed by atoms with E-state index in [2.05, 4.69) is 41.8 Å². The predicted octanol–water partition coefficient (Wildman–Crippen LogP) is 4.78. The van der Waals surface area contributed by atoms with Crippen molar-refractivity contribution in [1.82, 2.24) is 9.97 Å². The van der Waals surface area contributed by atoms with E-state index < -0.39 is 0 Å². The van der Waals surface area contributed by atoms with Crippen LogP contribution in [0.1, 0.15) is 11.1 Å². The molecule has 0 aliphatic carbocycles. The standard InChI is InChI=1S/C15H12Br2N2O2/c1-6-3-10-11(4-7(6)2)19-15(18-10)8-5-9(16)14(21)12(17)13(8)20/h3-5,20-21H,1-2H3,(H,18,19). The maximum absolute atomic E-state index is 10.2. The van der Waals surface area contributed by atoms with Gasteiger partial charge in [-0.3, -0.25) is 0 Å². The first kappa shape index (κ1) is 14.4. The molecule has 21 heavy (non-hydrogen) atoms. The lowest BCUT2D eigenvalue weighted by Gasteiger charge is -2.07. The molecule has 0 amide bonds. The zero-order valence-corrected chi connectivity index (χ0v) is 14.5. The van der Waals surface area contributed by atoms with Crippen LogP contribution in [-0.4, -0.2) is 20.2 Å². The number of rotatable bonds is 1. The Labute approximate surface area is 138 Å². The van der Waals surface area contributed by atoms with Crippen LogP contribution in [0.2, 0.25) is 0 Å². The molecule has 0 bridgehead atoms. The monoisotopic (exact) mass is 410 g/mol. The average Bonchev–Trinajstić information content (AvgIpc) is 2.83. The van der Waals surface area contributed by atoms with Crippen LogP contribution in [0.15, 0.2) is 27.1 Å². The smallest absolute Gasteiger partial charge is 0.147 e. The van der Waals surface area contributed by atoms with E-state index in [1.165, 1.54) is 5.56 Å². The van der Waals surface area contributed by atoms with Crippen molar-refractivity contribution in [1.29, 1.82) is 0 Å². The molecule has 0 saturated carbocycles. The number of halogens is 2. The van der Waals surface area contributed by atoms with Crippen molar-refractivity contribution in [2.75, 3.05) is 0 Å². The topological polar surface area (TPSA) is 69.1 Å². The SMILES string of the molecule is Cc1cc2nc(-c3cc(Br)c(O)c(Br)c3O)[nH]c2cc1C. The fourth-order valence-electron chi connectivity index (χ4n) is 2.18. The third-order valence-electron chi connectivity index (χ3n) is 3.52. The van der Waals surface area contributed by atoms with E-state index in [-0.39, 0.29) is 16.0 Å². The van der Waals surface area contributed by atoms with Crippen molar-refractivity contribution >= 4 is 42.9 Å². The van der Waals surface area contributed by atoms with Gasteiger partial charge in [-0.2, -0.15) is 0 Å². The van der Waals surface area contributed by atoms with Crippen molar-refractivity contribution in [2.24, 2.45) is 0 Å². The van der Waals surface area contributed by atoms with E-state index in [4.69, 9.17) is 0 Å². The molecule has 0 spiro atoms. The molecule has 1 heterocycles. The molecule has 0 atom stereocenters. The zero-order chi connectivity index (χ0) is 15.3. The van der Waals surface area contributed by atoms with Crippen molar-refractivity contribution < 1.29 is 10.2 Å². The number of aryl methyl sites for hydroxylation is 2. The summed E-state index contributed by atoms with van der Waals surface area (Å²) >= 11 is 6.44. The summed E-state index contributed by atoms with van der Waals surface area (Å²) in [5.74, 6) is 0.455. The highest BCUT2D eigenvalue weighted by Gasteiger charge is 2.18. The van der Waals surface area contributed by atoms with E-state index >= 15 is 0 Å². The minimum absolute atomic E-state index is 0.0425. The third kappa shape index (κ3) is 2.32. The van der Waals surface area contributed by atoms with Gasteiger partial charge in [-0.1, -0.05) is 0 Å². The average molecular weight is 412 g/mol. The molecular formula is C15H12Br2N2O2. The Kier molecular flexibility index (Phi) is 3.45. The molecule has 3 N–H and O–H groups in total.